The van der Waals surface area contributed by atoms with Crippen LogP contribution >= 0.6 is 0 Å². The Labute approximate surface area is 85.4 Å². The molecule has 0 saturated carbocycles. The molecule has 0 heterocycles. The summed E-state index contributed by atoms with van der Waals surface area (Å²) in [6.07, 6.45) is -3.36. The normalized spacial score (nSPS) is 13.7. The van der Waals surface area contributed by atoms with Crippen molar-refractivity contribution in [1.29, 1.82) is 10.5 Å². The second-order valence-electron chi connectivity index (χ2n) is 2.84. The van der Waals surface area contributed by atoms with E-state index in [2.05, 4.69) is 0 Å². The van der Waals surface area contributed by atoms with E-state index in [4.69, 9.17) is 15.6 Å². The van der Waals surface area contributed by atoms with Crippen LogP contribution in [0.1, 0.15) is 17.2 Å². The number of nitriles is 2. The Balaban J connectivity index is 3.17. The highest BCUT2D eigenvalue weighted by Gasteiger charge is 2.22. The van der Waals surface area contributed by atoms with E-state index in [9.17, 15) is 9.50 Å². The van der Waals surface area contributed by atoms with Gasteiger partial charge in [0.2, 0.25) is 0 Å². The van der Waals surface area contributed by atoms with Gasteiger partial charge in [0.25, 0.3) is 0 Å². The summed E-state index contributed by atoms with van der Waals surface area (Å²) in [6.45, 7) is 0. The Hall–Kier alpha value is -1.95. The molecule has 5 heteroatoms. The molecule has 1 aromatic rings. The maximum absolute atomic E-state index is 13.4. The molecule has 0 fully saturated rings. The molecule has 15 heavy (non-hydrogen) atoms. The van der Waals surface area contributed by atoms with Crippen LogP contribution in [0.5, 0.6) is 0 Å². The van der Waals surface area contributed by atoms with E-state index in [1.807, 2.05) is 0 Å². The van der Waals surface area contributed by atoms with E-state index in [0.717, 1.165) is 0 Å². The lowest BCUT2D eigenvalue weighted by molar-refractivity contribution is 0.0503. The van der Waals surface area contributed by atoms with Crippen molar-refractivity contribution in [3.8, 4) is 12.1 Å². The molecule has 0 aliphatic rings. The average molecular weight is 206 g/mol. The molecule has 0 bridgehead atoms. The van der Waals surface area contributed by atoms with Crippen LogP contribution in [0, 0.1) is 28.5 Å². The van der Waals surface area contributed by atoms with Gasteiger partial charge in [-0.3, -0.25) is 0 Å². The minimum absolute atomic E-state index is 0.239. The van der Waals surface area contributed by atoms with Crippen LogP contribution in [-0.4, -0.2) is 16.3 Å². The van der Waals surface area contributed by atoms with Crippen LogP contribution in [0.2, 0.25) is 0 Å². The monoisotopic (exact) mass is 206 g/mol. The second kappa shape index (κ2) is 4.52. The maximum atomic E-state index is 13.4. The first-order valence-corrected chi connectivity index (χ1v) is 4.06. The highest BCUT2D eigenvalue weighted by atomic mass is 19.1. The number of halogens is 1. The first-order chi connectivity index (χ1) is 7.11. The van der Waals surface area contributed by atoms with Crippen molar-refractivity contribution < 1.29 is 14.6 Å². The van der Waals surface area contributed by atoms with Gasteiger partial charge in [-0.25, -0.2) is 4.39 Å². The Kier molecular flexibility index (Phi) is 3.35. The van der Waals surface area contributed by atoms with Crippen molar-refractivity contribution in [3.05, 3.63) is 35.1 Å². The average Bonchev–Trinajstić information content (AvgIpc) is 2.27. The van der Waals surface area contributed by atoms with E-state index in [-0.39, 0.29) is 11.1 Å². The molecule has 4 nitrogen and oxygen atoms in total. The molecule has 2 atom stereocenters. The fraction of sp³-hybridized carbons (Fsp3) is 0.200. The van der Waals surface area contributed by atoms with Gasteiger partial charge in [0.05, 0.1) is 11.6 Å². The minimum Gasteiger partial charge on any atom is -0.384 e. The molecule has 1 aromatic carbocycles. The molecule has 1 rings (SSSR count). The van der Waals surface area contributed by atoms with Crippen molar-refractivity contribution in [2.45, 2.75) is 12.2 Å². The molecule has 2 N–H and O–H groups in total. The van der Waals surface area contributed by atoms with Crippen LogP contribution in [-0.2, 0) is 0 Å². The van der Waals surface area contributed by atoms with E-state index >= 15 is 0 Å². The van der Waals surface area contributed by atoms with Crippen LogP contribution in [0.15, 0.2) is 18.2 Å². The maximum Gasteiger partial charge on any atom is 0.170 e. The van der Waals surface area contributed by atoms with E-state index in [1.165, 1.54) is 24.3 Å². The van der Waals surface area contributed by atoms with Crippen LogP contribution in [0.4, 0.5) is 4.39 Å². The zero-order valence-corrected chi connectivity index (χ0v) is 7.55. The van der Waals surface area contributed by atoms with Gasteiger partial charge in [0, 0.05) is 5.56 Å². The van der Waals surface area contributed by atoms with Gasteiger partial charge in [-0.15, -0.1) is 0 Å². The summed E-state index contributed by atoms with van der Waals surface area (Å²) in [5, 5.41) is 35.2. The van der Waals surface area contributed by atoms with Gasteiger partial charge in [0.1, 0.15) is 18.0 Å². The van der Waals surface area contributed by atoms with Gasteiger partial charge in [0.15, 0.2) is 6.10 Å². The molecule has 0 amide bonds. The smallest absolute Gasteiger partial charge is 0.170 e. The van der Waals surface area contributed by atoms with E-state index in [1.54, 1.807) is 6.07 Å². The van der Waals surface area contributed by atoms with Crippen molar-refractivity contribution in [1.82, 2.24) is 0 Å². The molecule has 0 spiro atoms. The Morgan fingerprint density at radius 3 is 2.47 bits per heavy atom. The summed E-state index contributed by atoms with van der Waals surface area (Å²) in [5.74, 6) is -0.915. The zero-order chi connectivity index (χ0) is 11.4. The summed E-state index contributed by atoms with van der Waals surface area (Å²) in [4.78, 5) is 0. The quantitative estimate of drug-likeness (QED) is 0.694. The van der Waals surface area contributed by atoms with E-state index in [0.29, 0.717) is 0 Å². The first-order valence-electron chi connectivity index (χ1n) is 4.06. The summed E-state index contributed by atoms with van der Waals surface area (Å²) in [5.41, 5.74) is -0.500. The topological polar surface area (TPSA) is 88.0 Å². The molecule has 76 valence electrons. The third-order valence-corrected chi connectivity index (χ3v) is 1.90. The number of aliphatic hydroxyl groups excluding tert-OH is 2. The molecule has 0 aromatic heterocycles. The van der Waals surface area contributed by atoms with Gasteiger partial charge < -0.3 is 10.2 Å². The number of aliphatic hydroxyl groups is 2. The number of rotatable bonds is 2. The third-order valence-electron chi connectivity index (χ3n) is 1.90. The van der Waals surface area contributed by atoms with Crippen LogP contribution < -0.4 is 0 Å². The van der Waals surface area contributed by atoms with Gasteiger partial charge in [-0.05, 0) is 6.07 Å². The van der Waals surface area contributed by atoms with Crippen LogP contribution in [0.25, 0.3) is 0 Å². The second-order valence-corrected chi connectivity index (χ2v) is 2.84. The minimum atomic E-state index is -1.71. The molecule has 0 aliphatic carbocycles. The summed E-state index contributed by atoms with van der Waals surface area (Å²) in [7, 11) is 0. The lowest BCUT2D eigenvalue weighted by atomic mass is 10.0. The number of nitrogens with zero attached hydrogens (tertiary/aromatic N) is 2. The SMILES string of the molecule is N#Cc1cccc(C(O)C(O)C#N)c1F. The number of benzene rings is 1. The number of hydrogen-bond acceptors (Lipinski definition) is 4. The van der Waals surface area contributed by atoms with Crippen molar-refractivity contribution in [3.63, 3.8) is 0 Å². The van der Waals surface area contributed by atoms with Crippen molar-refractivity contribution >= 4 is 0 Å². The Morgan fingerprint density at radius 1 is 1.27 bits per heavy atom. The molecule has 2 unspecified atom stereocenters. The van der Waals surface area contributed by atoms with Crippen LogP contribution in [0.3, 0.4) is 0 Å². The zero-order valence-electron chi connectivity index (χ0n) is 7.55. The Bertz CT molecular complexity index is 448. The lowest BCUT2D eigenvalue weighted by Crippen LogP contribution is -2.17. The molecule has 0 saturated heterocycles. The van der Waals surface area contributed by atoms with Crippen molar-refractivity contribution in [2.75, 3.05) is 0 Å². The molecule has 0 radical (unpaired) electrons. The standard InChI is InChI=1S/C10H7FN2O2/c11-9-6(4-12)2-1-3-7(9)10(15)8(14)5-13/h1-3,8,10,14-15H. The number of hydrogen-bond donors (Lipinski definition) is 2. The molecular formula is C10H7FN2O2. The highest BCUT2D eigenvalue weighted by Crippen LogP contribution is 2.22. The van der Waals surface area contributed by atoms with Gasteiger partial charge in [-0.2, -0.15) is 10.5 Å². The first kappa shape index (κ1) is 11.1. The largest absolute Gasteiger partial charge is 0.384 e. The van der Waals surface area contributed by atoms with Gasteiger partial charge in [-0.1, -0.05) is 12.1 Å². The predicted octanol–water partition coefficient (Wildman–Crippen LogP) is 0.615. The fourth-order valence-electron chi connectivity index (χ4n) is 1.11. The Morgan fingerprint density at radius 2 is 1.93 bits per heavy atom. The summed E-state index contributed by atoms with van der Waals surface area (Å²) >= 11 is 0. The fourth-order valence-corrected chi connectivity index (χ4v) is 1.11. The lowest BCUT2D eigenvalue weighted by Gasteiger charge is -2.12. The summed E-state index contributed by atoms with van der Waals surface area (Å²) in [6, 6.07) is 6.80. The highest BCUT2D eigenvalue weighted by molar-refractivity contribution is 5.36. The third kappa shape index (κ3) is 2.10. The molecule has 0 aliphatic heterocycles. The van der Waals surface area contributed by atoms with E-state index < -0.39 is 18.0 Å². The summed E-state index contributed by atoms with van der Waals surface area (Å²) < 4.78 is 13.4. The van der Waals surface area contributed by atoms with Gasteiger partial charge >= 0.3 is 0 Å². The predicted molar refractivity (Wildman–Crippen MR) is 47.7 cm³/mol. The van der Waals surface area contributed by atoms with Crippen molar-refractivity contribution in [2.24, 2.45) is 0 Å². The molecular weight excluding hydrogens is 199 g/mol.